The van der Waals surface area contributed by atoms with Gasteiger partial charge in [0, 0.05) is 0 Å². The molecule has 0 spiro atoms. The summed E-state index contributed by atoms with van der Waals surface area (Å²) in [6, 6.07) is 6.96. The summed E-state index contributed by atoms with van der Waals surface area (Å²) in [5, 5.41) is 11.9. The fourth-order valence-electron chi connectivity index (χ4n) is 2.39. The van der Waals surface area contributed by atoms with Gasteiger partial charge in [0.05, 0.1) is 18.2 Å². The number of benzene rings is 1. The number of oxazole rings is 1. The smallest absolute Gasteiger partial charge is 0.305 e. The van der Waals surface area contributed by atoms with Crippen molar-refractivity contribution in [3.63, 3.8) is 0 Å². The second-order valence-corrected chi connectivity index (χ2v) is 6.76. The molecule has 0 aliphatic heterocycles. The van der Waals surface area contributed by atoms with Gasteiger partial charge in [-0.15, -0.1) is 0 Å². The molecule has 0 fully saturated rings. The Labute approximate surface area is 140 Å². The molecule has 1 atom stereocenters. The van der Waals surface area contributed by atoms with Crippen LogP contribution in [0.4, 0.5) is 0 Å². The molecule has 2 rings (SSSR count). The molecule has 0 bridgehead atoms. The first-order valence-electron chi connectivity index (χ1n) is 7.71. The van der Waals surface area contributed by atoms with Crippen molar-refractivity contribution in [3.8, 4) is 0 Å². The second kappa shape index (κ2) is 6.86. The Kier molecular flexibility index (Phi) is 5.07. The van der Waals surface area contributed by atoms with Gasteiger partial charge in [0.25, 0.3) is 5.91 Å². The molecule has 1 amide bonds. The molecule has 1 unspecified atom stereocenters. The normalized spacial score (nSPS) is 12.7. The van der Waals surface area contributed by atoms with Crippen LogP contribution in [0.15, 0.2) is 35.1 Å². The zero-order chi connectivity index (χ0) is 17.9. The van der Waals surface area contributed by atoms with E-state index in [0.29, 0.717) is 5.69 Å². The lowest BCUT2D eigenvalue weighted by Gasteiger charge is -2.21. The van der Waals surface area contributed by atoms with Crippen molar-refractivity contribution in [2.24, 2.45) is 0 Å². The van der Waals surface area contributed by atoms with Gasteiger partial charge < -0.3 is 14.8 Å². The number of aryl methyl sites for hydroxylation is 1. The summed E-state index contributed by atoms with van der Waals surface area (Å²) in [5.41, 5.74) is 2.33. The minimum absolute atomic E-state index is 0.00101. The highest BCUT2D eigenvalue weighted by Crippen LogP contribution is 2.25. The van der Waals surface area contributed by atoms with E-state index < -0.39 is 17.9 Å². The van der Waals surface area contributed by atoms with E-state index in [2.05, 4.69) is 31.1 Å². The molecule has 0 saturated heterocycles. The van der Waals surface area contributed by atoms with Gasteiger partial charge in [0.1, 0.15) is 0 Å². The molecule has 24 heavy (non-hydrogen) atoms. The van der Waals surface area contributed by atoms with E-state index in [4.69, 9.17) is 9.52 Å². The number of hydrogen-bond donors (Lipinski definition) is 2. The van der Waals surface area contributed by atoms with E-state index in [0.717, 1.165) is 11.1 Å². The first-order chi connectivity index (χ1) is 11.2. The molecular weight excluding hydrogens is 308 g/mol. The highest BCUT2D eigenvalue weighted by atomic mass is 16.4. The summed E-state index contributed by atoms with van der Waals surface area (Å²) >= 11 is 0. The summed E-state index contributed by atoms with van der Waals surface area (Å²) in [6.07, 6.45) is 0.975. The number of hydrogen-bond acceptors (Lipinski definition) is 4. The van der Waals surface area contributed by atoms with Gasteiger partial charge in [-0.05, 0) is 23.5 Å². The monoisotopic (exact) mass is 330 g/mol. The average molecular weight is 330 g/mol. The number of carboxylic acid groups (broad SMARTS) is 1. The number of amides is 1. The van der Waals surface area contributed by atoms with Crippen LogP contribution in [0.25, 0.3) is 0 Å². The van der Waals surface area contributed by atoms with Gasteiger partial charge in [0.2, 0.25) is 5.76 Å². The number of carboxylic acids is 1. The van der Waals surface area contributed by atoms with Gasteiger partial charge >= 0.3 is 5.97 Å². The summed E-state index contributed by atoms with van der Waals surface area (Å²) in [6.45, 7) is 7.96. The molecule has 0 radical (unpaired) electrons. The van der Waals surface area contributed by atoms with E-state index in [1.165, 1.54) is 6.39 Å². The number of nitrogens with one attached hydrogen (secondary N) is 1. The van der Waals surface area contributed by atoms with Crippen LogP contribution in [0.1, 0.15) is 60.6 Å². The second-order valence-electron chi connectivity index (χ2n) is 6.76. The number of aliphatic carboxylic acids is 1. The number of nitrogens with zero attached hydrogens (tertiary/aromatic N) is 1. The summed E-state index contributed by atoms with van der Waals surface area (Å²) in [7, 11) is 0. The fraction of sp³-hybridized carbons (Fsp3) is 0.389. The zero-order valence-corrected chi connectivity index (χ0v) is 14.3. The molecule has 2 aromatic rings. The third-order valence-electron chi connectivity index (χ3n) is 3.81. The third kappa shape index (κ3) is 4.22. The van der Waals surface area contributed by atoms with Crippen LogP contribution in [0.5, 0.6) is 0 Å². The maximum Gasteiger partial charge on any atom is 0.305 e. The van der Waals surface area contributed by atoms with Crippen LogP contribution < -0.4 is 5.32 Å². The van der Waals surface area contributed by atoms with Crippen molar-refractivity contribution in [3.05, 3.63) is 53.2 Å². The molecule has 0 saturated carbocycles. The van der Waals surface area contributed by atoms with Crippen LogP contribution in [-0.4, -0.2) is 22.0 Å². The Balaban J connectivity index is 2.23. The van der Waals surface area contributed by atoms with Gasteiger partial charge in [-0.25, -0.2) is 4.98 Å². The van der Waals surface area contributed by atoms with Gasteiger partial charge in [-0.2, -0.15) is 0 Å². The number of rotatable bonds is 5. The average Bonchev–Trinajstić information content (AvgIpc) is 2.91. The molecular formula is C18H22N2O4. The van der Waals surface area contributed by atoms with Crippen LogP contribution in [0.2, 0.25) is 0 Å². The Hall–Kier alpha value is -2.63. The zero-order valence-electron chi connectivity index (χ0n) is 14.3. The van der Waals surface area contributed by atoms with E-state index in [9.17, 15) is 9.59 Å². The molecule has 0 aliphatic carbocycles. The van der Waals surface area contributed by atoms with Crippen molar-refractivity contribution in [1.82, 2.24) is 10.3 Å². The SMILES string of the molecule is Cc1ncoc1C(=O)NC(CC(=O)O)c1ccc(C(C)(C)C)cc1. The van der Waals surface area contributed by atoms with E-state index in [-0.39, 0.29) is 17.6 Å². The quantitative estimate of drug-likeness (QED) is 0.878. The maximum absolute atomic E-state index is 12.3. The largest absolute Gasteiger partial charge is 0.481 e. The van der Waals surface area contributed by atoms with Gasteiger partial charge in [-0.1, -0.05) is 45.0 Å². The minimum atomic E-state index is -0.991. The minimum Gasteiger partial charge on any atom is -0.481 e. The van der Waals surface area contributed by atoms with Crippen LogP contribution in [-0.2, 0) is 10.2 Å². The maximum atomic E-state index is 12.3. The molecule has 1 heterocycles. The van der Waals surface area contributed by atoms with Crippen molar-refractivity contribution >= 4 is 11.9 Å². The lowest BCUT2D eigenvalue weighted by Crippen LogP contribution is -2.30. The third-order valence-corrected chi connectivity index (χ3v) is 3.81. The van der Waals surface area contributed by atoms with Crippen molar-refractivity contribution in [2.75, 3.05) is 0 Å². The fourth-order valence-corrected chi connectivity index (χ4v) is 2.39. The van der Waals surface area contributed by atoms with E-state index in [1.54, 1.807) is 6.92 Å². The molecule has 1 aromatic heterocycles. The van der Waals surface area contributed by atoms with Crippen LogP contribution >= 0.6 is 0 Å². The standard InChI is InChI=1S/C18H22N2O4/c1-11-16(24-10-19-11)17(23)20-14(9-15(21)22)12-5-7-13(8-6-12)18(2,3)4/h5-8,10,14H,9H2,1-4H3,(H,20,23)(H,21,22). The van der Waals surface area contributed by atoms with Crippen molar-refractivity contribution < 1.29 is 19.1 Å². The summed E-state index contributed by atoms with van der Waals surface area (Å²) < 4.78 is 5.06. The summed E-state index contributed by atoms with van der Waals surface area (Å²) in [4.78, 5) is 27.3. The topological polar surface area (TPSA) is 92.4 Å². The predicted molar refractivity (Wildman–Crippen MR) is 88.8 cm³/mol. The van der Waals surface area contributed by atoms with Crippen LogP contribution in [0, 0.1) is 6.92 Å². The van der Waals surface area contributed by atoms with Gasteiger partial charge in [-0.3, -0.25) is 9.59 Å². The number of carbonyl (C=O) groups excluding carboxylic acids is 1. The summed E-state index contributed by atoms with van der Waals surface area (Å²) in [5.74, 6) is -1.37. The van der Waals surface area contributed by atoms with Crippen LogP contribution in [0.3, 0.4) is 0 Å². The highest BCUT2D eigenvalue weighted by molar-refractivity contribution is 5.92. The Morgan fingerprint density at radius 3 is 2.33 bits per heavy atom. The molecule has 1 aromatic carbocycles. The van der Waals surface area contributed by atoms with Crippen molar-refractivity contribution in [2.45, 2.75) is 45.6 Å². The number of carbonyl (C=O) groups is 2. The Morgan fingerprint density at radius 1 is 1.25 bits per heavy atom. The number of aromatic nitrogens is 1. The predicted octanol–water partition coefficient (Wildman–Crippen LogP) is 3.23. The molecule has 0 aliphatic rings. The molecule has 6 nitrogen and oxygen atoms in total. The lowest BCUT2D eigenvalue weighted by molar-refractivity contribution is -0.137. The van der Waals surface area contributed by atoms with Gasteiger partial charge in [0.15, 0.2) is 6.39 Å². The molecule has 2 N–H and O–H groups in total. The molecule has 128 valence electrons. The first-order valence-corrected chi connectivity index (χ1v) is 7.71. The Morgan fingerprint density at radius 2 is 1.88 bits per heavy atom. The van der Waals surface area contributed by atoms with E-state index in [1.807, 2.05) is 24.3 Å². The lowest BCUT2D eigenvalue weighted by atomic mass is 9.86. The van der Waals surface area contributed by atoms with Crippen molar-refractivity contribution in [1.29, 1.82) is 0 Å². The molecule has 6 heteroatoms. The highest BCUT2D eigenvalue weighted by Gasteiger charge is 2.22. The first kappa shape index (κ1) is 17.7. The van der Waals surface area contributed by atoms with E-state index >= 15 is 0 Å². The Bertz CT molecular complexity index is 726.